The van der Waals surface area contributed by atoms with Crippen molar-refractivity contribution in [3.05, 3.63) is 29.3 Å². The van der Waals surface area contributed by atoms with E-state index in [1.165, 1.54) is 0 Å². The SMILES string of the molecule is COc1ccc(C(C)N=C(N)N=C(N)N)cc1C.Cl. The van der Waals surface area contributed by atoms with Crippen LogP contribution >= 0.6 is 12.4 Å². The Bertz CT molecular complexity index is 483. The van der Waals surface area contributed by atoms with Gasteiger partial charge in [0, 0.05) is 0 Å². The maximum absolute atomic E-state index is 5.58. The number of benzene rings is 1. The van der Waals surface area contributed by atoms with Gasteiger partial charge < -0.3 is 21.9 Å². The molecular formula is C12H20ClN5O. The summed E-state index contributed by atoms with van der Waals surface area (Å²) in [5, 5.41) is 0. The third-order valence-corrected chi connectivity index (χ3v) is 2.47. The molecule has 0 radical (unpaired) electrons. The lowest BCUT2D eigenvalue weighted by Crippen LogP contribution is -2.26. The summed E-state index contributed by atoms with van der Waals surface area (Å²) in [6.07, 6.45) is 0. The molecule has 0 saturated heterocycles. The molecule has 0 aliphatic rings. The quantitative estimate of drug-likeness (QED) is 0.569. The van der Waals surface area contributed by atoms with Gasteiger partial charge in [0.15, 0.2) is 5.96 Å². The highest BCUT2D eigenvalue weighted by Gasteiger charge is 2.07. The van der Waals surface area contributed by atoms with E-state index in [9.17, 15) is 0 Å². The van der Waals surface area contributed by atoms with E-state index in [2.05, 4.69) is 9.98 Å². The van der Waals surface area contributed by atoms with Gasteiger partial charge in [-0.15, -0.1) is 12.4 Å². The summed E-state index contributed by atoms with van der Waals surface area (Å²) in [4.78, 5) is 7.86. The molecule has 106 valence electrons. The van der Waals surface area contributed by atoms with E-state index in [0.29, 0.717) is 0 Å². The number of hydrogen-bond acceptors (Lipinski definition) is 2. The first kappa shape index (κ1) is 17.1. The van der Waals surface area contributed by atoms with Crippen LogP contribution < -0.4 is 21.9 Å². The minimum Gasteiger partial charge on any atom is -0.496 e. The number of halogens is 1. The summed E-state index contributed by atoms with van der Waals surface area (Å²) in [6.45, 7) is 3.88. The zero-order chi connectivity index (χ0) is 13.7. The molecule has 7 heteroatoms. The first-order chi connectivity index (χ1) is 8.43. The van der Waals surface area contributed by atoms with Crippen LogP contribution in [0.4, 0.5) is 0 Å². The van der Waals surface area contributed by atoms with Crippen LogP contribution in [0, 0.1) is 6.92 Å². The zero-order valence-electron chi connectivity index (χ0n) is 11.3. The lowest BCUT2D eigenvalue weighted by Gasteiger charge is -2.10. The van der Waals surface area contributed by atoms with Crippen LogP contribution in [0.2, 0.25) is 0 Å². The maximum Gasteiger partial charge on any atom is 0.219 e. The number of rotatable bonds is 3. The van der Waals surface area contributed by atoms with E-state index in [1.807, 2.05) is 32.0 Å². The van der Waals surface area contributed by atoms with Gasteiger partial charge in [-0.05, 0) is 31.0 Å². The molecule has 1 rings (SSSR count). The van der Waals surface area contributed by atoms with E-state index in [1.54, 1.807) is 7.11 Å². The molecule has 0 fully saturated rings. The molecule has 0 spiro atoms. The number of aryl methyl sites for hydroxylation is 1. The summed E-state index contributed by atoms with van der Waals surface area (Å²) in [5.74, 6) is 0.803. The van der Waals surface area contributed by atoms with Crippen molar-refractivity contribution in [3.63, 3.8) is 0 Å². The lowest BCUT2D eigenvalue weighted by atomic mass is 10.1. The Labute approximate surface area is 119 Å². The number of nitrogens with zero attached hydrogens (tertiary/aromatic N) is 2. The van der Waals surface area contributed by atoms with Crippen molar-refractivity contribution < 1.29 is 4.74 Å². The standard InChI is InChI=1S/C12H19N5O.ClH/c1-7-6-9(4-5-10(7)18-3)8(2)16-12(15)17-11(13)14;/h4-6,8H,1-3H3,(H6,13,14,15,16,17);1H. The van der Waals surface area contributed by atoms with Crippen molar-refractivity contribution >= 4 is 24.3 Å². The molecule has 0 amide bonds. The van der Waals surface area contributed by atoms with E-state index in [0.717, 1.165) is 16.9 Å². The number of nitrogens with two attached hydrogens (primary N) is 3. The fourth-order valence-corrected chi connectivity index (χ4v) is 1.60. The van der Waals surface area contributed by atoms with Gasteiger partial charge in [-0.25, -0.2) is 4.99 Å². The van der Waals surface area contributed by atoms with Gasteiger partial charge in [-0.1, -0.05) is 12.1 Å². The largest absolute Gasteiger partial charge is 0.496 e. The normalized spacial score (nSPS) is 12.3. The summed E-state index contributed by atoms with van der Waals surface area (Å²) in [5.41, 5.74) is 18.1. The van der Waals surface area contributed by atoms with Crippen LogP contribution in [-0.4, -0.2) is 19.0 Å². The van der Waals surface area contributed by atoms with Crippen molar-refractivity contribution in [1.29, 1.82) is 0 Å². The topological polar surface area (TPSA) is 112 Å². The fourth-order valence-electron chi connectivity index (χ4n) is 1.60. The van der Waals surface area contributed by atoms with Crippen molar-refractivity contribution in [1.82, 2.24) is 0 Å². The van der Waals surface area contributed by atoms with Gasteiger partial charge in [-0.2, -0.15) is 4.99 Å². The van der Waals surface area contributed by atoms with Crippen LogP contribution in [0.25, 0.3) is 0 Å². The average Bonchev–Trinajstić information content (AvgIpc) is 2.27. The van der Waals surface area contributed by atoms with E-state index < -0.39 is 0 Å². The molecule has 0 aliphatic heterocycles. The Morgan fingerprint density at radius 3 is 2.37 bits per heavy atom. The number of aliphatic imine (C=N–C) groups is 2. The molecule has 1 atom stereocenters. The van der Waals surface area contributed by atoms with Crippen LogP contribution in [0.3, 0.4) is 0 Å². The van der Waals surface area contributed by atoms with Gasteiger partial charge in [0.05, 0.1) is 13.2 Å². The fraction of sp³-hybridized carbons (Fsp3) is 0.333. The Kier molecular flexibility index (Phi) is 6.71. The second kappa shape index (κ2) is 7.48. The number of ether oxygens (including phenoxy) is 1. The summed E-state index contributed by atoms with van der Waals surface area (Å²) in [7, 11) is 1.64. The van der Waals surface area contributed by atoms with Crippen molar-refractivity contribution in [2.75, 3.05) is 7.11 Å². The molecule has 6 N–H and O–H groups in total. The van der Waals surface area contributed by atoms with Crippen LogP contribution in [0.15, 0.2) is 28.2 Å². The highest BCUT2D eigenvalue weighted by Crippen LogP contribution is 2.24. The Morgan fingerprint density at radius 2 is 1.89 bits per heavy atom. The first-order valence-electron chi connectivity index (χ1n) is 5.51. The van der Waals surface area contributed by atoms with Gasteiger partial charge in [-0.3, -0.25) is 0 Å². The lowest BCUT2D eigenvalue weighted by molar-refractivity contribution is 0.411. The zero-order valence-corrected chi connectivity index (χ0v) is 12.1. The molecule has 1 aromatic rings. The molecule has 0 aliphatic carbocycles. The molecule has 1 unspecified atom stereocenters. The van der Waals surface area contributed by atoms with E-state index >= 15 is 0 Å². The molecule has 0 bridgehead atoms. The smallest absolute Gasteiger partial charge is 0.219 e. The minimum absolute atomic E-state index is 0. The highest BCUT2D eigenvalue weighted by atomic mass is 35.5. The number of guanidine groups is 2. The predicted molar refractivity (Wildman–Crippen MR) is 80.8 cm³/mol. The molecule has 1 aromatic carbocycles. The van der Waals surface area contributed by atoms with Crippen molar-refractivity contribution in [2.45, 2.75) is 19.9 Å². The minimum atomic E-state index is -0.127. The Hall–Kier alpha value is -1.95. The molecular weight excluding hydrogens is 266 g/mol. The average molecular weight is 286 g/mol. The second-order valence-electron chi connectivity index (χ2n) is 3.93. The molecule has 0 aromatic heterocycles. The van der Waals surface area contributed by atoms with Crippen LogP contribution in [-0.2, 0) is 0 Å². The Balaban J connectivity index is 0.00000324. The molecule has 19 heavy (non-hydrogen) atoms. The number of methoxy groups -OCH3 is 1. The molecule has 6 nitrogen and oxygen atoms in total. The van der Waals surface area contributed by atoms with E-state index in [-0.39, 0.29) is 30.4 Å². The van der Waals surface area contributed by atoms with Gasteiger partial charge in [0.25, 0.3) is 0 Å². The summed E-state index contributed by atoms with van der Waals surface area (Å²) in [6, 6.07) is 5.70. The van der Waals surface area contributed by atoms with Crippen LogP contribution in [0.1, 0.15) is 24.1 Å². The van der Waals surface area contributed by atoms with Gasteiger partial charge in [0.2, 0.25) is 5.96 Å². The van der Waals surface area contributed by atoms with Gasteiger partial charge >= 0.3 is 0 Å². The third-order valence-electron chi connectivity index (χ3n) is 2.47. The Morgan fingerprint density at radius 1 is 1.26 bits per heavy atom. The highest BCUT2D eigenvalue weighted by molar-refractivity contribution is 5.92. The maximum atomic E-state index is 5.58. The summed E-state index contributed by atoms with van der Waals surface area (Å²) < 4.78 is 5.20. The number of hydrogen-bond donors (Lipinski definition) is 3. The second-order valence-corrected chi connectivity index (χ2v) is 3.93. The van der Waals surface area contributed by atoms with Crippen molar-refractivity contribution in [3.8, 4) is 5.75 Å². The summed E-state index contributed by atoms with van der Waals surface area (Å²) >= 11 is 0. The third kappa shape index (κ3) is 5.05. The first-order valence-corrected chi connectivity index (χ1v) is 5.51. The monoisotopic (exact) mass is 285 g/mol. The van der Waals surface area contributed by atoms with E-state index in [4.69, 9.17) is 21.9 Å². The van der Waals surface area contributed by atoms with Crippen LogP contribution in [0.5, 0.6) is 5.75 Å². The molecule has 0 saturated carbocycles. The van der Waals surface area contributed by atoms with Gasteiger partial charge in [0.1, 0.15) is 5.75 Å². The predicted octanol–water partition coefficient (Wildman–Crippen LogP) is 1.07. The van der Waals surface area contributed by atoms with Crippen molar-refractivity contribution in [2.24, 2.45) is 27.2 Å². The molecule has 0 heterocycles.